The summed E-state index contributed by atoms with van der Waals surface area (Å²) in [5.41, 5.74) is 0.222. The van der Waals surface area contributed by atoms with Crippen LogP contribution in [-0.4, -0.2) is 72.3 Å². The Labute approximate surface area is 266 Å². The molecular weight excluding hydrogens is 560 g/mol. The molecule has 3 fully saturated rings. The Morgan fingerprint density at radius 1 is 0.907 bits per heavy atom. The van der Waals surface area contributed by atoms with Crippen molar-refractivity contribution in [3.63, 3.8) is 0 Å². The molecule has 43 heavy (non-hydrogen) atoms. The SMILES string of the molecule is CC.CC(=O)N[C@H](Cc1ccc(Cl)cc1)C(=O)N1CCC(C(=O)NC(C)(C)C)(C2CCCCC2)CC1.CN1CCCCC1. The fourth-order valence-electron chi connectivity index (χ4n) is 6.64. The first kappa shape index (κ1) is 37.1. The lowest BCUT2D eigenvalue weighted by Gasteiger charge is -2.48. The van der Waals surface area contributed by atoms with Gasteiger partial charge < -0.3 is 20.4 Å². The fraction of sp³-hybridized carbons (Fsp3) is 0.743. The molecule has 2 heterocycles. The van der Waals surface area contributed by atoms with Gasteiger partial charge >= 0.3 is 0 Å². The second-order valence-electron chi connectivity index (χ2n) is 13.5. The summed E-state index contributed by atoms with van der Waals surface area (Å²) in [5.74, 6) is 0.184. The van der Waals surface area contributed by atoms with Crippen LogP contribution in [0.5, 0.6) is 0 Å². The van der Waals surface area contributed by atoms with Crippen LogP contribution in [0.15, 0.2) is 24.3 Å². The first-order valence-electron chi connectivity index (χ1n) is 16.7. The van der Waals surface area contributed by atoms with Crippen LogP contribution in [0.25, 0.3) is 0 Å². The third-order valence-electron chi connectivity index (χ3n) is 8.90. The van der Waals surface area contributed by atoms with Crippen molar-refractivity contribution in [2.75, 3.05) is 33.2 Å². The number of hydrogen-bond donors (Lipinski definition) is 2. The molecule has 1 aliphatic carbocycles. The predicted octanol–water partition coefficient (Wildman–Crippen LogP) is 6.62. The molecular formula is C35H59ClN4O3. The van der Waals surface area contributed by atoms with Gasteiger partial charge in [-0.1, -0.05) is 63.3 Å². The van der Waals surface area contributed by atoms with Crippen molar-refractivity contribution in [1.82, 2.24) is 20.4 Å². The molecule has 2 N–H and O–H groups in total. The van der Waals surface area contributed by atoms with Crippen LogP contribution in [0.3, 0.4) is 0 Å². The van der Waals surface area contributed by atoms with Gasteiger partial charge in [-0.3, -0.25) is 14.4 Å². The van der Waals surface area contributed by atoms with E-state index >= 15 is 0 Å². The molecule has 0 spiro atoms. The van der Waals surface area contributed by atoms with Crippen LogP contribution >= 0.6 is 11.6 Å². The Hall–Kier alpha value is -2.12. The van der Waals surface area contributed by atoms with Crippen LogP contribution in [0.4, 0.5) is 0 Å². The topological polar surface area (TPSA) is 81.8 Å². The zero-order valence-corrected chi connectivity index (χ0v) is 28.8. The Kier molecular flexibility index (Phi) is 15.5. The van der Waals surface area contributed by atoms with E-state index in [1.807, 2.05) is 51.7 Å². The standard InChI is InChI=1S/C27H40ClN3O3.C6H13N.C2H6/c1-19(32)29-23(18-20-10-12-22(28)13-11-20)24(33)31-16-14-27(15-17-31,21-8-6-5-7-9-21)25(34)30-26(2,3)4;1-7-5-3-2-4-6-7;1-2/h10-13,21,23H,5-9,14-18H2,1-4H3,(H,29,32)(H,30,34);2-6H2,1H3;1-2H3/t23-;;/m1../s1. The molecule has 3 amide bonds. The number of rotatable bonds is 6. The smallest absolute Gasteiger partial charge is 0.245 e. The molecule has 0 radical (unpaired) electrons. The maximum Gasteiger partial charge on any atom is 0.245 e. The number of piperidine rings is 2. The summed E-state index contributed by atoms with van der Waals surface area (Å²) in [5, 5.41) is 6.72. The molecule has 7 nitrogen and oxygen atoms in total. The van der Waals surface area contributed by atoms with Crippen LogP contribution < -0.4 is 10.6 Å². The molecule has 1 aromatic carbocycles. The molecule has 0 aromatic heterocycles. The van der Waals surface area contributed by atoms with Crippen molar-refractivity contribution in [3.8, 4) is 0 Å². The summed E-state index contributed by atoms with van der Waals surface area (Å²) in [6, 6.07) is 6.71. The number of carbonyl (C=O) groups excluding carboxylic acids is 3. The minimum absolute atomic E-state index is 0.0846. The van der Waals surface area contributed by atoms with Gasteiger partial charge in [-0.25, -0.2) is 0 Å². The maximum atomic E-state index is 13.6. The van der Waals surface area contributed by atoms with Gasteiger partial charge in [-0.15, -0.1) is 0 Å². The summed E-state index contributed by atoms with van der Waals surface area (Å²) in [7, 11) is 2.19. The van der Waals surface area contributed by atoms with E-state index in [2.05, 4.69) is 22.6 Å². The van der Waals surface area contributed by atoms with Gasteiger partial charge in [0, 0.05) is 37.0 Å². The molecule has 2 aliphatic heterocycles. The molecule has 8 heteroatoms. The number of likely N-dealkylation sites (tertiary alicyclic amines) is 2. The summed E-state index contributed by atoms with van der Waals surface area (Å²) in [4.78, 5) is 43.1. The van der Waals surface area contributed by atoms with E-state index in [1.54, 1.807) is 12.1 Å². The Morgan fingerprint density at radius 3 is 1.91 bits per heavy atom. The predicted molar refractivity (Wildman–Crippen MR) is 178 cm³/mol. The van der Waals surface area contributed by atoms with Gasteiger partial charge in [0.1, 0.15) is 6.04 Å². The summed E-state index contributed by atoms with van der Waals surface area (Å²) < 4.78 is 0. The van der Waals surface area contributed by atoms with E-state index in [1.165, 1.54) is 58.5 Å². The van der Waals surface area contributed by atoms with E-state index < -0.39 is 11.5 Å². The lowest BCUT2D eigenvalue weighted by atomic mass is 9.63. The number of benzene rings is 1. The van der Waals surface area contributed by atoms with Crippen LogP contribution in [0.2, 0.25) is 5.02 Å². The van der Waals surface area contributed by atoms with Gasteiger partial charge in [0.25, 0.3) is 0 Å². The van der Waals surface area contributed by atoms with Crippen LogP contribution in [0.1, 0.15) is 111 Å². The Balaban J connectivity index is 0.000000619. The highest BCUT2D eigenvalue weighted by Crippen LogP contribution is 2.46. The van der Waals surface area contributed by atoms with Gasteiger partial charge in [0.15, 0.2) is 0 Å². The van der Waals surface area contributed by atoms with Crippen LogP contribution in [0, 0.1) is 11.3 Å². The summed E-state index contributed by atoms with van der Waals surface area (Å²) >= 11 is 6.00. The minimum Gasteiger partial charge on any atom is -0.351 e. The molecule has 3 aliphatic rings. The first-order valence-corrected chi connectivity index (χ1v) is 17.1. The molecule has 0 bridgehead atoms. The molecule has 2 saturated heterocycles. The van der Waals surface area contributed by atoms with E-state index in [9.17, 15) is 14.4 Å². The van der Waals surface area contributed by atoms with Crippen molar-refractivity contribution >= 4 is 29.3 Å². The van der Waals surface area contributed by atoms with Crippen LogP contribution in [-0.2, 0) is 20.8 Å². The average Bonchev–Trinajstić information content (AvgIpc) is 2.99. The number of nitrogens with one attached hydrogen (secondary N) is 2. The largest absolute Gasteiger partial charge is 0.351 e. The van der Waals surface area contributed by atoms with Gasteiger partial charge in [-0.05, 0) is 103 Å². The Bertz CT molecular complexity index is 987. The molecule has 244 valence electrons. The highest BCUT2D eigenvalue weighted by Gasteiger charge is 2.49. The molecule has 0 unspecified atom stereocenters. The number of nitrogens with zero attached hydrogens (tertiary/aromatic N) is 2. The Morgan fingerprint density at radius 2 is 1.44 bits per heavy atom. The zero-order chi connectivity index (χ0) is 32.0. The summed E-state index contributed by atoms with van der Waals surface area (Å²) in [6.45, 7) is 15.2. The number of amides is 3. The van der Waals surface area contributed by atoms with Crippen molar-refractivity contribution in [2.24, 2.45) is 11.3 Å². The van der Waals surface area contributed by atoms with Gasteiger partial charge in [0.2, 0.25) is 17.7 Å². The van der Waals surface area contributed by atoms with Crippen molar-refractivity contribution in [1.29, 1.82) is 0 Å². The number of hydrogen-bond acceptors (Lipinski definition) is 4. The lowest BCUT2D eigenvalue weighted by molar-refractivity contribution is -0.147. The van der Waals surface area contributed by atoms with Crippen molar-refractivity contribution in [2.45, 2.75) is 124 Å². The highest BCUT2D eigenvalue weighted by molar-refractivity contribution is 6.30. The average molecular weight is 619 g/mol. The van der Waals surface area contributed by atoms with Gasteiger partial charge in [0.05, 0.1) is 5.41 Å². The van der Waals surface area contributed by atoms with E-state index in [0.29, 0.717) is 43.3 Å². The van der Waals surface area contributed by atoms with Gasteiger partial charge in [-0.2, -0.15) is 0 Å². The fourth-order valence-corrected chi connectivity index (χ4v) is 6.77. The monoisotopic (exact) mass is 618 g/mol. The molecule has 1 saturated carbocycles. The maximum absolute atomic E-state index is 13.6. The number of carbonyl (C=O) groups is 3. The molecule has 1 aromatic rings. The quantitative estimate of drug-likeness (QED) is 0.375. The minimum atomic E-state index is -0.635. The summed E-state index contributed by atoms with van der Waals surface area (Å²) in [6.07, 6.45) is 11.8. The van der Waals surface area contributed by atoms with Crippen molar-refractivity contribution < 1.29 is 14.4 Å². The first-order chi connectivity index (χ1) is 20.4. The molecule has 1 atom stereocenters. The second kappa shape index (κ2) is 18.0. The van der Waals surface area contributed by atoms with Crippen molar-refractivity contribution in [3.05, 3.63) is 34.9 Å². The van der Waals surface area contributed by atoms with E-state index in [4.69, 9.17) is 11.6 Å². The number of halogens is 1. The highest BCUT2D eigenvalue weighted by atomic mass is 35.5. The lowest BCUT2D eigenvalue weighted by Crippen LogP contribution is -2.58. The second-order valence-corrected chi connectivity index (χ2v) is 13.9. The van der Waals surface area contributed by atoms with E-state index in [0.717, 1.165) is 18.4 Å². The third kappa shape index (κ3) is 12.1. The zero-order valence-electron chi connectivity index (χ0n) is 28.1. The normalized spacial score (nSPS) is 20.0. The third-order valence-corrected chi connectivity index (χ3v) is 9.16. The molecule has 4 rings (SSSR count). The van der Waals surface area contributed by atoms with E-state index in [-0.39, 0.29) is 23.3 Å².